The number of nitrogens with zero attached hydrogens (tertiary/aromatic N) is 3. The topological polar surface area (TPSA) is 88.5 Å². The SMILES string of the molecule is O=C(NCCN1CCCOC1=O)Nc1ccnn1CC1CC=CCC1. The monoisotopic (exact) mass is 347 g/mol. The summed E-state index contributed by atoms with van der Waals surface area (Å²) >= 11 is 0. The third-order valence-corrected chi connectivity index (χ3v) is 4.49. The Labute approximate surface area is 147 Å². The molecule has 0 bridgehead atoms. The summed E-state index contributed by atoms with van der Waals surface area (Å²) in [6, 6.07) is 1.50. The third kappa shape index (κ3) is 4.98. The first-order valence-corrected chi connectivity index (χ1v) is 8.86. The van der Waals surface area contributed by atoms with Gasteiger partial charge in [-0.2, -0.15) is 5.10 Å². The van der Waals surface area contributed by atoms with Crippen molar-refractivity contribution in [1.29, 1.82) is 0 Å². The van der Waals surface area contributed by atoms with Crippen LogP contribution in [-0.4, -0.2) is 53.0 Å². The highest BCUT2D eigenvalue weighted by Crippen LogP contribution is 2.21. The van der Waals surface area contributed by atoms with Crippen LogP contribution in [0, 0.1) is 5.92 Å². The highest BCUT2D eigenvalue weighted by atomic mass is 16.6. The van der Waals surface area contributed by atoms with Gasteiger partial charge >= 0.3 is 12.1 Å². The molecule has 1 aliphatic carbocycles. The van der Waals surface area contributed by atoms with Crippen molar-refractivity contribution in [2.45, 2.75) is 32.2 Å². The quantitative estimate of drug-likeness (QED) is 0.772. The average molecular weight is 347 g/mol. The van der Waals surface area contributed by atoms with Crippen molar-refractivity contribution in [1.82, 2.24) is 20.0 Å². The molecule has 25 heavy (non-hydrogen) atoms. The Morgan fingerprint density at radius 2 is 2.32 bits per heavy atom. The lowest BCUT2D eigenvalue weighted by Crippen LogP contribution is -2.43. The summed E-state index contributed by atoms with van der Waals surface area (Å²) < 4.78 is 6.80. The second-order valence-corrected chi connectivity index (χ2v) is 6.38. The minimum atomic E-state index is -0.312. The zero-order valence-corrected chi connectivity index (χ0v) is 14.3. The summed E-state index contributed by atoms with van der Waals surface area (Å²) in [5.74, 6) is 1.24. The van der Waals surface area contributed by atoms with Gasteiger partial charge in [-0.25, -0.2) is 14.3 Å². The number of hydrogen-bond acceptors (Lipinski definition) is 4. The average Bonchev–Trinajstić information content (AvgIpc) is 3.04. The summed E-state index contributed by atoms with van der Waals surface area (Å²) in [5.41, 5.74) is 0. The Kier molecular flexibility index (Phi) is 5.92. The molecule has 2 aliphatic rings. The molecule has 1 fully saturated rings. The van der Waals surface area contributed by atoms with Gasteiger partial charge in [0.1, 0.15) is 5.82 Å². The van der Waals surface area contributed by atoms with Crippen molar-refractivity contribution in [2.24, 2.45) is 5.92 Å². The first-order valence-electron chi connectivity index (χ1n) is 8.86. The molecule has 8 heteroatoms. The molecule has 1 aliphatic heterocycles. The zero-order valence-electron chi connectivity index (χ0n) is 14.3. The standard InChI is InChI=1S/C17H25N5O3/c23-16(18-9-11-21-10-4-12-25-17(21)24)20-15-7-8-19-22(15)13-14-5-2-1-3-6-14/h1-2,7-8,14H,3-6,9-13H2,(H2,18,20,23). The van der Waals surface area contributed by atoms with Crippen LogP contribution in [0.15, 0.2) is 24.4 Å². The van der Waals surface area contributed by atoms with E-state index in [1.807, 2.05) is 4.68 Å². The van der Waals surface area contributed by atoms with Crippen LogP contribution in [0.25, 0.3) is 0 Å². The normalized spacial score (nSPS) is 20.2. The van der Waals surface area contributed by atoms with E-state index in [2.05, 4.69) is 27.9 Å². The van der Waals surface area contributed by atoms with E-state index in [0.29, 0.717) is 38.0 Å². The number of nitrogens with one attached hydrogen (secondary N) is 2. The van der Waals surface area contributed by atoms with E-state index >= 15 is 0 Å². The number of rotatable bonds is 6. The van der Waals surface area contributed by atoms with Crippen LogP contribution < -0.4 is 10.6 Å². The molecule has 0 aromatic carbocycles. The van der Waals surface area contributed by atoms with Gasteiger partial charge in [0.25, 0.3) is 0 Å². The van der Waals surface area contributed by atoms with E-state index in [9.17, 15) is 9.59 Å². The maximum absolute atomic E-state index is 12.1. The zero-order chi connectivity index (χ0) is 17.5. The first kappa shape index (κ1) is 17.3. The van der Waals surface area contributed by atoms with E-state index in [1.165, 1.54) is 0 Å². The fourth-order valence-electron chi connectivity index (χ4n) is 3.12. The number of hydrogen-bond donors (Lipinski definition) is 2. The Morgan fingerprint density at radius 3 is 3.12 bits per heavy atom. The van der Waals surface area contributed by atoms with Crippen LogP contribution in [0.2, 0.25) is 0 Å². The summed E-state index contributed by atoms with van der Waals surface area (Å²) in [7, 11) is 0. The van der Waals surface area contributed by atoms with Gasteiger partial charge in [-0.05, 0) is 31.6 Å². The largest absolute Gasteiger partial charge is 0.449 e. The second kappa shape index (κ2) is 8.55. The second-order valence-electron chi connectivity index (χ2n) is 6.38. The third-order valence-electron chi connectivity index (χ3n) is 4.49. The van der Waals surface area contributed by atoms with Gasteiger partial charge in [0.2, 0.25) is 0 Å². The molecule has 3 rings (SSSR count). The summed E-state index contributed by atoms with van der Waals surface area (Å²) in [4.78, 5) is 25.2. The molecule has 1 atom stereocenters. The summed E-state index contributed by atoms with van der Waals surface area (Å²) in [6.45, 7) is 2.77. The predicted octanol–water partition coefficient (Wildman–Crippen LogP) is 2.20. The molecule has 1 aromatic rings. The minimum absolute atomic E-state index is 0.296. The lowest BCUT2D eigenvalue weighted by atomic mass is 9.94. The number of amides is 3. The van der Waals surface area contributed by atoms with Crippen LogP contribution in [0.4, 0.5) is 15.4 Å². The number of carbonyl (C=O) groups excluding carboxylic acids is 2. The summed E-state index contributed by atoms with van der Waals surface area (Å²) in [6.07, 6.45) is 9.94. The molecule has 2 heterocycles. The number of ether oxygens (including phenoxy) is 1. The van der Waals surface area contributed by atoms with Crippen LogP contribution in [0.5, 0.6) is 0 Å². The van der Waals surface area contributed by atoms with Crippen LogP contribution >= 0.6 is 0 Å². The number of cyclic esters (lactones) is 1. The Hall–Kier alpha value is -2.51. The van der Waals surface area contributed by atoms with E-state index in [4.69, 9.17) is 4.74 Å². The van der Waals surface area contributed by atoms with Gasteiger partial charge in [0.15, 0.2) is 0 Å². The molecular formula is C17H25N5O3. The molecule has 2 N–H and O–H groups in total. The Bertz CT molecular complexity index is 628. The van der Waals surface area contributed by atoms with Gasteiger partial charge < -0.3 is 15.0 Å². The number of allylic oxidation sites excluding steroid dienone is 2. The molecule has 3 amide bonds. The molecule has 1 unspecified atom stereocenters. The van der Waals surface area contributed by atoms with Crippen molar-refractivity contribution in [2.75, 3.05) is 31.6 Å². The Balaban J connectivity index is 1.42. The molecule has 0 saturated carbocycles. The molecular weight excluding hydrogens is 322 g/mol. The maximum Gasteiger partial charge on any atom is 0.409 e. The van der Waals surface area contributed by atoms with Gasteiger partial charge in [-0.15, -0.1) is 0 Å². The molecule has 0 spiro atoms. The number of urea groups is 1. The first-order chi connectivity index (χ1) is 12.2. The number of carbonyl (C=O) groups is 2. The smallest absolute Gasteiger partial charge is 0.409 e. The maximum atomic E-state index is 12.1. The van der Waals surface area contributed by atoms with Crippen LogP contribution in [-0.2, 0) is 11.3 Å². The fourth-order valence-corrected chi connectivity index (χ4v) is 3.12. The van der Waals surface area contributed by atoms with E-state index in [0.717, 1.165) is 32.2 Å². The van der Waals surface area contributed by atoms with Crippen LogP contribution in [0.3, 0.4) is 0 Å². The Morgan fingerprint density at radius 1 is 1.40 bits per heavy atom. The summed E-state index contributed by atoms with van der Waals surface area (Å²) in [5, 5.41) is 9.90. The van der Waals surface area contributed by atoms with Crippen LogP contribution in [0.1, 0.15) is 25.7 Å². The predicted molar refractivity (Wildman–Crippen MR) is 93.3 cm³/mol. The van der Waals surface area contributed by atoms with Crippen molar-refractivity contribution in [3.63, 3.8) is 0 Å². The fraction of sp³-hybridized carbons (Fsp3) is 0.588. The lowest BCUT2D eigenvalue weighted by Gasteiger charge is -2.26. The number of anilines is 1. The highest BCUT2D eigenvalue weighted by Gasteiger charge is 2.19. The molecule has 0 radical (unpaired) electrons. The van der Waals surface area contributed by atoms with Crippen molar-refractivity contribution in [3.8, 4) is 0 Å². The van der Waals surface area contributed by atoms with Gasteiger partial charge in [-0.3, -0.25) is 5.32 Å². The van der Waals surface area contributed by atoms with E-state index < -0.39 is 0 Å². The molecule has 1 aromatic heterocycles. The van der Waals surface area contributed by atoms with Crippen molar-refractivity contribution in [3.05, 3.63) is 24.4 Å². The molecule has 136 valence electrons. The highest BCUT2D eigenvalue weighted by molar-refractivity contribution is 5.88. The number of aromatic nitrogens is 2. The van der Waals surface area contributed by atoms with Gasteiger partial charge in [0, 0.05) is 32.2 Å². The van der Waals surface area contributed by atoms with E-state index in [-0.39, 0.29) is 12.1 Å². The minimum Gasteiger partial charge on any atom is -0.449 e. The molecule has 8 nitrogen and oxygen atoms in total. The molecule has 1 saturated heterocycles. The van der Waals surface area contributed by atoms with Gasteiger partial charge in [0.05, 0.1) is 12.8 Å². The van der Waals surface area contributed by atoms with Gasteiger partial charge in [-0.1, -0.05) is 12.2 Å². The van der Waals surface area contributed by atoms with Crippen molar-refractivity contribution >= 4 is 17.9 Å². The van der Waals surface area contributed by atoms with E-state index in [1.54, 1.807) is 17.2 Å². The lowest BCUT2D eigenvalue weighted by molar-refractivity contribution is 0.0736. The van der Waals surface area contributed by atoms with Crippen molar-refractivity contribution < 1.29 is 14.3 Å².